The lowest BCUT2D eigenvalue weighted by Gasteiger charge is -2.20. The molecule has 4 rings (SSSR count). The number of hydrogen-bond acceptors (Lipinski definition) is 5. The Morgan fingerprint density at radius 2 is 1.74 bits per heavy atom. The van der Waals surface area contributed by atoms with Gasteiger partial charge in [0.2, 0.25) is 5.91 Å². The van der Waals surface area contributed by atoms with E-state index in [2.05, 4.69) is 9.71 Å². The van der Waals surface area contributed by atoms with Gasteiger partial charge in [0, 0.05) is 31.0 Å². The first-order valence-electron chi connectivity index (χ1n) is 9.95. The van der Waals surface area contributed by atoms with E-state index in [1.54, 1.807) is 35.5 Å². The largest absolute Gasteiger partial charge is 0.495 e. The minimum atomic E-state index is -3.83. The summed E-state index contributed by atoms with van der Waals surface area (Å²) in [5.74, 6) is 0.431. The number of anilines is 2. The highest BCUT2D eigenvalue weighted by molar-refractivity contribution is 7.92. The van der Waals surface area contributed by atoms with Crippen LogP contribution in [0, 0.1) is 0 Å². The van der Waals surface area contributed by atoms with Gasteiger partial charge in [-0.2, -0.15) is 0 Å². The van der Waals surface area contributed by atoms with Crippen LogP contribution in [0.4, 0.5) is 11.4 Å². The highest BCUT2D eigenvalue weighted by Crippen LogP contribution is 2.34. The number of pyridine rings is 1. The molecule has 0 radical (unpaired) electrons. The summed E-state index contributed by atoms with van der Waals surface area (Å²) in [6, 6.07) is 15.7. The van der Waals surface area contributed by atoms with Gasteiger partial charge in [-0.3, -0.25) is 14.5 Å². The van der Waals surface area contributed by atoms with Crippen molar-refractivity contribution in [3.8, 4) is 5.75 Å². The molecule has 7 nitrogen and oxygen atoms in total. The molecule has 160 valence electrons. The average Bonchev–Trinajstić information content (AvgIpc) is 3.21. The van der Waals surface area contributed by atoms with Crippen molar-refractivity contribution in [2.24, 2.45) is 0 Å². The lowest BCUT2D eigenvalue weighted by molar-refractivity contribution is -0.117. The van der Waals surface area contributed by atoms with Crippen LogP contribution in [0.15, 0.2) is 71.9 Å². The average molecular weight is 438 g/mol. The SMILES string of the molecule is COc1ccc(S(=O)(=O)Nc2ccc(Cc3ccncc3)cc2)cc1N1CCCC1=O. The monoisotopic (exact) mass is 437 g/mol. The topological polar surface area (TPSA) is 88.6 Å². The van der Waals surface area contributed by atoms with Crippen LogP contribution in [0.3, 0.4) is 0 Å². The fourth-order valence-corrected chi connectivity index (χ4v) is 4.67. The van der Waals surface area contributed by atoms with Crippen LogP contribution in [0.1, 0.15) is 24.0 Å². The molecule has 31 heavy (non-hydrogen) atoms. The smallest absolute Gasteiger partial charge is 0.261 e. The van der Waals surface area contributed by atoms with Gasteiger partial charge in [-0.25, -0.2) is 8.42 Å². The summed E-state index contributed by atoms with van der Waals surface area (Å²) < 4.78 is 33.9. The predicted octanol–water partition coefficient (Wildman–Crippen LogP) is 3.61. The van der Waals surface area contributed by atoms with Gasteiger partial charge in [0.05, 0.1) is 17.7 Å². The molecule has 1 aliphatic rings. The van der Waals surface area contributed by atoms with Crippen LogP contribution in [0.5, 0.6) is 5.75 Å². The minimum Gasteiger partial charge on any atom is -0.495 e. The van der Waals surface area contributed by atoms with Crippen LogP contribution in [-0.4, -0.2) is 33.0 Å². The van der Waals surface area contributed by atoms with E-state index >= 15 is 0 Å². The Labute approximate surface area is 181 Å². The molecule has 1 amide bonds. The van der Waals surface area contributed by atoms with Crippen molar-refractivity contribution in [1.82, 2.24) is 4.98 Å². The summed E-state index contributed by atoms with van der Waals surface area (Å²) >= 11 is 0. The van der Waals surface area contributed by atoms with Gasteiger partial charge in [0.1, 0.15) is 5.75 Å². The number of rotatable bonds is 7. The molecule has 1 fully saturated rings. The Hall–Kier alpha value is -3.39. The Bertz CT molecular complexity index is 1180. The zero-order valence-electron chi connectivity index (χ0n) is 17.1. The molecule has 2 aromatic carbocycles. The molecule has 1 saturated heterocycles. The van der Waals surface area contributed by atoms with E-state index in [1.165, 1.54) is 19.2 Å². The summed E-state index contributed by atoms with van der Waals surface area (Å²) in [7, 11) is -2.33. The lowest BCUT2D eigenvalue weighted by Crippen LogP contribution is -2.24. The van der Waals surface area contributed by atoms with Gasteiger partial charge < -0.3 is 9.64 Å². The van der Waals surface area contributed by atoms with Gasteiger partial charge >= 0.3 is 0 Å². The van der Waals surface area contributed by atoms with E-state index in [-0.39, 0.29) is 10.8 Å². The second-order valence-electron chi connectivity index (χ2n) is 7.32. The first kappa shape index (κ1) is 20.9. The summed E-state index contributed by atoms with van der Waals surface area (Å²) in [4.78, 5) is 17.8. The van der Waals surface area contributed by atoms with E-state index < -0.39 is 10.0 Å². The molecule has 2 heterocycles. The van der Waals surface area contributed by atoms with Crippen LogP contribution in [0.25, 0.3) is 0 Å². The number of sulfonamides is 1. The van der Waals surface area contributed by atoms with Crippen molar-refractivity contribution in [3.63, 3.8) is 0 Å². The number of benzene rings is 2. The Balaban J connectivity index is 1.54. The van der Waals surface area contributed by atoms with E-state index in [0.29, 0.717) is 30.1 Å². The van der Waals surface area contributed by atoms with Crippen molar-refractivity contribution in [3.05, 3.63) is 78.1 Å². The van der Waals surface area contributed by atoms with Crippen molar-refractivity contribution < 1.29 is 17.9 Å². The maximum Gasteiger partial charge on any atom is 0.261 e. The molecule has 0 saturated carbocycles. The number of ether oxygens (including phenoxy) is 1. The number of amides is 1. The van der Waals surface area contributed by atoms with Gasteiger partial charge in [-0.05, 0) is 66.4 Å². The molecule has 3 aromatic rings. The van der Waals surface area contributed by atoms with Crippen LogP contribution in [0.2, 0.25) is 0 Å². The molecular formula is C23H23N3O4S. The predicted molar refractivity (Wildman–Crippen MR) is 119 cm³/mol. The lowest BCUT2D eigenvalue weighted by atomic mass is 10.1. The van der Waals surface area contributed by atoms with Crippen LogP contribution < -0.4 is 14.4 Å². The third-order valence-electron chi connectivity index (χ3n) is 5.19. The van der Waals surface area contributed by atoms with E-state index in [4.69, 9.17) is 4.74 Å². The molecule has 1 N–H and O–H groups in total. The number of hydrogen-bond donors (Lipinski definition) is 1. The fourth-order valence-electron chi connectivity index (χ4n) is 3.59. The van der Waals surface area contributed by atoms with Crippen molar-refractivity contribution in [2.45, 2.75) is 24.2 Å². The van der Waals surface area contributed by atoms with E-state index in [0.717, 1.165) is 24.0 Å². The quantitative estimate of drug-likeness (QED) is 0.610. The maximum absolute atomic E-state index is 13.0. The van der Waals surface area contributed by atoms with Gasteiger partial charge in [-0.1, -0.05) is 12.1 Å². The molecule has 0 unspecified atom stereocenters. The molecular weight excluding hydrogens is 414 g/mol. The zero-order chi connectivity index (χ0) is 21.8. The first-order valence-corrected chi connectivity index (χ1v) is 11.4. The summed E-state index contributed by atoms with van der Waals surface area (Å²) in [6.45, 7) is 0.547. The van der Waals surface area contributed by atoms with E-state index in [9.17, 15) is 13.2 Å². The van der Waals surface area contributed by atoms with Crippen molar-refractivity contribution in [1.29, 1.82) is 0 Å². The zero-order valence-corrected chi connectivity index (χ0v) is 17.9. The van der Waals surface area contributed by atoms with Crippen LogP contribution in [-0.2, 0) is 21.2 Å². The van der Waals surface area contributed by atoms with Crippen molar-refractivity contribution in [2.75, 3.05) is 23.3 Å². The second-order valence-corrected chi connectivity index (χ2v) is 9.00. The number of nitrogens with zero attached hydrogens (tertiary/aromatic N) is 2. The summed E-state index contributed by atoms with van der Waals surface area (Å²) in [5.41, 5.74) is 3.13. The molecule has 0 atom stereocenters. The van der Waals surface area contributed by atoms with E-state index in [1.807, 2.05) is 24.3 Å². The van der Waals surface area contributed by atoms with Crippen LogP contribution >= 0.6 is 0 Å². The number of methoxy groups -OCH3 is 1. The molecule has 8 heteroatoms. The molecule has 1 aliphatic heterocycles. The number of carbonyl (C=O) groups is 1. The number of carbonyl (C=O) groups excluding carboxylic acids is 1. The van der Waals surface area contributed by atoms with Crippen molar-refractivity contribution >= 4 is 27.3 Å². The fraction of sp³-hybridized carbons (Fsp3) is 0.217. The normalized spacial score (nSPS) is 14.0. The summed E-state index contributed by atoms with van der Waals surface area (Å²) in [6.07, 6.45) is 5.42. The second kappa shape index (κ2) is 8.77. The first-order chi connectivity index (χ1) is 15.0. The minimum absolute atomic E-state index is 0.0365. The molecule has 0 spiro atoms. The Morgan fingerprint density at radius 1 is 1.03 bits per heavy atom. The van der Waals surface area contributed by atoms with Gasteiger partial charge in [0.15, 0.2) is 0 Å². The Kier molecular flexibility index (Phi) is 5.90. The molecule has 0 bridgehead atoms. The number of aromatic nitrogens is 1. The molecule has 1 aromatic heterocycles. The Morgan fingerprint density at radius 3 is 2.39 bits per heavy atom. The molecule has 0 aliphatic carbocycles. The van der Waals surface area contributed by atoms with Gasteiger partial charge in [0.25, 0.3) is 10.0 Å². The third kappa shape index (κ3) is 4.69. The maximum atomic E-state index is 13.0. The third-order valence-corrected chi connectivity index (χ3v) is 6.57. The highest BCUT2D eigenvalue weighted by atomic mass is 32.2. The summed E-state index contributed by atoms with van der Waals surface area (Å²) in [5, 5.41) is 0. The number of nitrogens with one attached hydrogen (secondary N) is 1. The highest BCUT2D eigenvalue weighted by Gasteiger charge is 2.26. The van der Waals surface area contributed by atoms with Gasteiger partial charge in [-0.15, -0.1) is 0 Å². The standard InChI is InChI=1S/C23H23N3O4S/c1-30-22-9-8-20(16-21(22)26-14-2-3-23(26)27)31(28,29)25-19-6-4-17(5-7-19)15-18-10-12-24-13-11-18/h4-13,16,25H,2-3,14-15H2,1H3.